The van der Waals surface area contributed by atoms with E-state index in [1.165, 1.54) is 4.31 Å². The Kier molecular flexibility index (Phi) is 3.80. The summed E-state index contributed by atoms with van der Waals surface area (Å²) in [6.45, 7) is 4.17. The number of carbonyl (C=O) groups is 1. The molecule has 1 saturated heterocycles. The predicted octanol–water partition coefficient (Wildman–Crippen LogP) is 1.82. The molecule has 1 fully saturated rings. The second-order valence-electron chi connectivity index (χ2n) is 4.93. The lowest BCUT2D eigenvalue weighted by atomic mass is 10.2. The fraction of sp³-hybridized carbons (Fsp3) is 0.462. The third-order valence-corrected chi connectivity index (χ3v) is 4.92. The van der Waals surface area contributed by atoms with Crippen LogP contribution in [0.5, 0.6) is 0 Å². The molecule has 1 aliphatic rings. The highest BCUT2D eigenvalue weighted by atomic mass is 32.2. The molecule has 0 unspecified atom stereocenters. The van der Waals surface area contributed by atoms with Gasteiger partial charge >= 0.3 is 0 Å². The summed E-state index contributed by atoms with van der Waals surface area (Å²) in [6.07, 6.45) is 0.661. The number of hydrogen-bond donors (Lipinski definition) is 1. The Morgan fingerprint density at radius 1 is 1.26 bits per heavy atom. The third kappa shape index (κ3) is 3.07. The van der Waals surface area contributed by atoms with E-state index >= 15 is 0 Å². The van der Waals surface area contributed by atoms with Crippen molar-refractivity contribution in [1.29, 1.82) is 0 Å². The van der Waals surface area contributed by atoms with Gasteiger partial charge in [-0.05, 0) is 30.7 Å². The molecule has 104 valence electrons. The number of amides is 1. The van der Waals surface area contributed by atoms with Crippen molar-refractivity contribution in [2.75, 3.05) is 21.9 Å². The van der Waals surface area contributed by atoms with Crippen molar-refractivity contribution in [3.63, 3.8) is 0 Å². The molecular weight excluding hydrogens is 264 g/mol. The fourth-order valence-electron chi connectivity index (χ4n) is 1.93. The summed E-state index contributed by atoms with van der Waals surface area (Å²) >= 11 is 0. The van der Waals surface area contributed by atoms with Gasteiger partial charge in [-0.3, -0.25) is 9.10 Å². The van der Waals surface area contributed by atoms with Gasteiger partial charge in [0.2, 0.25) is 15.9 Å². The van der Waals surface area contributed by atoms with Gasteiger partial charge in [-0.2, -0.15) is 0 Å². The van der Waals surface area contributed by atoms with Crippen LogP contribution in [0.3, 0.4) is 0 Å². The number of sulfonamides is 1. The summed E-state index contributed by atoms with van der Waals surface area (Å²) in [6, 6.07) is 6.89. The van der Waals surface area contributed by atoms with Gasteiger partial charge in [0.25, 0.3) is 0 Å². The highest BCUT2D eigenvalue weighted by molar-refractivity contribution is 7.93. The average Bonchev–Trinajstić information content (AvgIpc) is 2.70. The number of rotatable bonds is 3. The standard InChI is InChI=1S/C13H18N2O3S/c1-10(2)13(16)14-11-4-6-12(7-5-11)15-8-3-9-19(15,17)18/h4-7,10H,3,8-9H2,1-2H3,(H,14,16). The SMILES string of the molecule is CC(C)C(=O)Nc1ccc(N2CCCS2(=O)=O)cc1. The molecule has 0 saturated carbocycles. The van der Waals surface area contributed by atoms with E-state index in [9.17, 15) is 13.2 Å². The van der Waals surface area contributed by atoms with Crippen LogP contribution in [-0.4, -0.2) is 26.6 Å². The summed E-state index contributed by atoms with van der Waals surface area (Å²) in [4.78, 5) is 11.5. The number of anilines is 2. The second-order valence-corrected chi connectivity index (χ2v) is 6.95. The van der Waals surface area contributed by atoms with Crippen molar-refractivity contribution in [3.8, 4) is 0 Å². The molecule has 0 aromatic heterocycles. The smallest absolute Gasteiger partial charge is 0.235 e. The summed E-state index contributed by atoms with van der Waals surface area (Å²) in [5, 5.41) is 2.77. The molecule has 1 heterocycles. The predicted molar refractivity (Wildman–Crippen MR) is 75.7 cm³/mol. The molecule has 1 aliphatic heterocycles. The van der Waals surface area contributed by atoms with Gasteiger partial charge in [-0.15, -0.1) is 0 Å². The van der Waals surface area contributed by atoms with Gasteiger partial charge in [-0.25, -0.2) is 8.42 Å². The average molecular weight is 282 g/mol. The van der Waals surface area contributed by atoms with E-state index in [0.29, 0.717) is 24.3 Å². The lowest BCUT2D eigenvalue weighted by molar-refractivity contribution is -0.118. The normalized spacial score (nSPS) is 17.7. The van der Waals surface area contributed by atoms with Crippen molar-refractivity contribution in [3.05, 3.63) is 24.3 Å². The van der Waals surface area contributed by atoms with Crippen LogP contribution in [0.2, 0.25) is 0 Å². The zero-order valence-electron chi connectivity index (χ0n) is 11.1. The molecule has 0 aliphatic carbocycles. The molecule has 5 nitrogen and oxygen atoms in total. The highest BCUT2D eigenvalue weighted by Gasteiger charge is 2.28. The Hall–Kier alpha value is -1.56. The first kappa shape index (κ1) is 13.9. The van der Waals surface area contributed by atoms with Crippen LogP contribution >= 0.6 is 0 Å². The number of hydrogen-bond acceptors (Lipinski definition) is 3. The quantitative estimate of drug-likeness (QED) is 0.919. The monoisotopic (exact) mass is 282 g/mol. The van der Waals surface area contributed by atoms with Crippen LogP contribution < -0.4 is 9.62 Å². The summed E-state index contributed by atoms with van der Waals surface area (Å²) < 4.78 is 25.0. The maximum atomic E-state index is 11.8. The zero-order chi connectivity index (χ0) is 14.0. The molecule has 0 spiro atoms. The molecule has 2 rings (SSSR count). The van der Waals surface area contributed by atoms with Crippen molar-refractivity contribution < 1.29 is 13.2 Å². The van der Waals surface area contributed by atoms with Crippen molar-refractivity contribution in [2.45, 2.75) is 20.3 Å². The molecule has 1 aromatic carbocycles. The minimum atomic E-state index is -3.14. The maximum absolute atomic E-state index is 11.8. The third-order valence-electron chi connectivity index (χ3n) is 3.05. The maximum Gasteiger partial charge on any atom is 0.235 e. The lowest BCUT2D eigenvalue weighted by Gasteiger charge is -2.17. The van der Waals surface area contributed by atoms with E-state index in [1.807, 2.05) is 13.8 Å². The van der Waals surface area contributed by atoms with Crippen molar-refractivity contribution in [2.24, 2.45) is 5.92 Å². The first-order valence-electron chi connectivity index (χ1n) is 6.31. The summed E-state index contributed by atoms with van der Waals surface area (Å²) in [7, 11) is -3.14. The Labute approximate surface area is 113 Å². The van der Waals surface area contributed by atoms with Crippen LogP contribution in [-0.2, 0) is 14.8 Å². The molecular formula is C13H18N2O3S. The minimum absolute atomic E-state index is 0.0541. The highest BCUT2D eigenvalue weighted by Crippen LogP contribution is 2.25. The molecule has 6 heteroatoms. The van der Waals surface area contributed by atoms with Crippen LogP contribution in [0, 0.1) is 5.92 Å². The first-order valence-corrected chi connectivity index (χ1v) is 7.92. The van der Waals surface area contributed by atoms with E-state index in [0.717, 1.165) is 0 Å². The molecule has 0 bridgehead atoms. The van der Waals surface area contributed by atoms with Crippen LogP contribution in [0.1, 0.15) is 20.3 Å². The van der Waals surface area contributed by atoms with E-state index in [1.54, 1.807) is 24.3 Å². The van der Waals surface area contributed by atoms with Gasteiger partial charge < -0.3 is 5.32 Å². The van der Waals surface area contributed by atoms with E-state index in [4.69, 9.17) is 0 Å². The molecule has 19 heavy (non-hydrogen) atoms. The van der Waals surface area contributed by atoms with Gasteiger partial charge in [0, 0.05) is 18.2 Å². The Balaban J connectivity index is 2.13. The summed E-state index contributed by atoms with van der Waals surface area (Å²) in [5.41, 5.74) is 1.33. The van der Waals surface area contributed by atoms with E-state index in [-0.39, 0.29) is 17.6 Å². The first-order chi connectivity index (χ1) is 8.90. The van der Waals surface area contributed by atoms with Gasteiger partial charge in [0.05, 0.1) is 11.4 Å². The van der Waals surface area contributed by atoms with Gasteiger partial charge in [-0.1, -0.05) is 13.8 Å². The largest absolute Gasteiger partial charge is 0.326 e. The molecule has 0 atom stereocenters. The molecule has 1 aromatic rings. The fourth-order valence-corrected chi connectivity index (χ4v) is 3.49. The second kappa shape index (κ2) is 5.21. The van der Waals surface area contributed by atoms with E-state index < -0.39 is 10.0 Å². The number of carbonyl (C=O) groups excluding carboxylic acids is 1. The minimum Gasteiger partial charge on any atom is -0.326 e. The van der Waals surface area contributed by atoms with Crippen molar-refractivity contribution >= 4 is 27.3 Å². The number of nitrogens with zero attached hydrogens (tertiary/aromatic N) is 1. The van der Waals surface area contributed by atoms with Crippen LogP contribution in [0.25, 0.3) is 0 Å². The Bertz CT molecular complexity index is 564. The van der Waals surface area contributed by atoms with Crippen molar-refractivity contribution in [1.82, 2.24) is 0 Å². The number of nitrogens with one attached hydrogen (secondary N) is 1. The lowest BCUT2D eigenvalue weighted by Crippen LogP contribution is -2.25. The topological polar surface area (TPSA) is 66.5 Å². The van der Waals surface area contributed by atoms with Crippen LogP contribution in [0.15, 0.2) is 24.3 Å². The van der Waals surface area contributed by atoms with Gasteiger partial charge in [0.15, 0.2) is 0 Å². The Morgan fingerprint density at radius 2 is 1.89 bits per heavy atom. The number of benzene rings is 1. The zero-order valence-corrected chi connectivity index (χ0v) is 11.9. The summed E-state index contributed by atoms with van der Waals surface area (Å²) in [5.74, 6) is 0.0685. The molecule has 0 radical (unpaired) electrons. The van der Waals surface area contributed by atoms with E-state index in [2.05, 4.69) is 5.32 Å². The van der Waals surface area contributed by atoms with Gasteiger partial charge in [0.1, 0.15) is 0 Å². The van der Waals surface area contributed by atoms with Crippen LogP contribution in [0.4, 0.5) is 11.4 Å². The molecule has 1 N–H and O–H groups in total. The molecule has 1 amide bonds. The Morgan fingerprint density at radius 3 is 2.37 bits per heavy atom.